The van der Waals surface area contributed by atoms with Gasteiger partial charge in [-0.05, 0) is 42.8 Å². The summed E-state index contributed by atoms with van der Waals surface area (Å²) in [7, 11) is -3.07. The van der Waals surface area contributed by atoms with Crippen LogP contribution in [-0.2, 0) is 14.9 Å². The lowest BCUT2D eigenvalue weighted by molar-refractivity contribution is 0.0599. The minimum Gasteiger partial charge on any atom is -0.465 e. The summed E-state index contributed by atoms with van der Waals surface area (Å²) in [5, 5.41) is -0.185. The molecule has 122 valence electrons. The lowest BCUT2D eigenvalue weighted by Gasteiger charge is -2.12. The van der Waals surface area contributed by atoms with Crippen LogP contribution in [0, 0.1) is 12.7 Å². The summed E-state index contributed by atoms with van der Waals surface area (Å²) in [4.78, 5) is 11.4. The molecular formula is C15H12ClFO5S. The number of esters is 1. The first kappa shape index (κ1) is 17.2. The molecule has 2 rings (SSSR count). The number of benzene rings is 2. The first-order chi connectivity index (χ1) is 10.8. The Morgan fingerprint density at radius 1 is 1.22 bits per heavy atom. The number of methoxy groups -OCH3 is 1. The lowest BCUT2D eigenvalue weighted by atomic mass is 10.1. The molecule has 2 aromatic carbocycles. The minimum absolute atomic E-state index is 0.0994. The van der Waals surface area contributed by atoms with E-state index in [0.717, 1.165) is 18.2 Å². The Hall–Kier alpha value is -2.12. The molecule has 0 amide bonds. The summed E-state index contributed by atoms with van der Waals surface area (Å²) in [5.74, 6) is -1.50. The van der Waals surface area contributed by atoms with Crippen molar-refractivity contribution in [3.05, 3.63) is 58.4 Å². The molecule has 0 fully saturated rings. The van der Waals surface area contributed by atoms with Crippen molar-refractivity contribution in [3.63, 3.8) is 0 Å². The average Bonchev–Trinajstić information content (AvgIpc) is 2.49. The fraction of sp³-hybridized carbons (Fsp3) is 0.133. The third-order valence-electron chi connectivity index (χ3n) is 3.05. The molecule has 0 heterocycles. The highest BCUT2D eigenvalue weighted by molar-refractivity contribution is 7.87. The average molecular weight is 359 g/mol. The molecule has 0 aromatic heterocycles. The quantitative estimate of drug-likeness (QED) is 0.619. The van der Waals surface area contributed by atoms with E-state index in [4.69, 9.17) is 15.8 Å². The molecule has 5 nitrogen and oxygen atoms in total. The maximum Gasteiger partial charge on any atom is 0.339 e. The number of halogens is 2. The number of ether oxygens (including phenoxy) is 1. The summed E-state index contributed by atoms with van der Waals surface area (Å²) in [6.45, 7) is 1.45. The van der Waals surface area contributed by atoms with Crippen molar-refractivity contribution in [2.24, 2.45) is 0 Å². The van der Waals surface area contributed by atoms with Gasteiger partial charge in [0.05, 0.1) is 17.7 Å². The topological polar surface area (TPSA) is 69.7 Å². The van der Waals surface area contributed by atoms with E-state index in [0.29, 0.717) is 0 Å². The lowest BCUT2D eigenvalue weighted by Crippen LogP contribution is -2.14. The summed E-state index contributed by atoms with van der Waals surface area (Å²) in [6.07, 6.45) is 0. The molecule has 0 atom stereocenters. The molecule has 2 aromatic rings. The van der Waals surface area contributed by atoms with Crippen LogP contribution in [0.2, 0.25) is 5.02 Å². The number of carbonyl (C=O) groups excluding carboxylic acids is 1. The van der Waals surface area contributed by atoms with Crippen molar-refractivity contribution in [3.8, 4) is 5.75 Å². The highest BCUT2D eigenvalue weighted by atomic mass is 35.5. The van der Waals surface area contributed by atoms with Crippen molar-refractivity contribution in [2.75, 3.05) is 7.11 Å². The number of carbonyl (C=O) groups is 1. The van der Waals surface area contributed by atoms with Crippen molar-refractivity contribution >= 4 is 27.7 Å². The molecule has 0 saturated carbocycles. The summed E-state index contributed by atoms with van der Waals surface area (Å²) < 4.78 is 47.3. The molecular weight excluding hydrogens is 347 g/mol. The molecule has 0 N–H and O–H groups in total. The van der Waals surface area contributed by atoms with E-state index in [1.54, 1.807) is 0 Å². The predicted molar refractivity (Wildman–Crippen MR) is 81.7 cm³/mol. The Labute approximate surface area is 137 Å². The maximum absolute atomic E-state index is 13.0. The molecule has 0 aliphatic rings. The molecule has 0 radical (unpaired) electrons. The van der Waals surface area contributed by atoms with E-state index in [9.17, 15) is 17.6 Å². The zero-order chi connectivity index (χ0) is 17.2. The third-order valence-corrected chi connectivity index (χ3v) is 4.73. The van der Waals surface area contributed by atoms with Crippen molar-refractivity contribution < 1.29 is 26.5 Å². The third kappa shape index (κ3) is 3.62. The molecule has 0 unspecified atom stereocenters. The van der Waals surface area contributed by atoms with Crippen LogP contribution < -0.4 is 4.18 Å². The normalized spacial score (nSPS) is 11.1. The van der Waals surface area contributed by atoms with Gasteiger partial charge in [0.1, 0.15) is 10.7 Å². The fourth-order valence-electron chi connectivity index (χ4n) is 1.92. The van der Waals surface area contributed by atoms with Crippen molar-refractivity contribution in [1.82, 2.24) is 0 Å². The van der Waals surface area contributed by atoms with Crippen LogP contribution in [0.3, 0.4) is 0 Å². The number of rotatable bonds is 4. The molecule has 0 saturated heterocycles. The van der Waals surface area contributed by atoms with Gasteiger partial charge in [-0.25, -0.2) is 9.18 Å². The van der Waals surface area contributed by atoms with Crippen LogP contribution in [0.1, 0.15) is 15.9 Å². The van der Waals surface area contributed by atoms with Crippen LogP contribution >= 0.6 is 11.6 Å². The summed E-state index contributed by atoms with van der Waals surface area (Å²) in [6, 6.07) is 7.18. The molecule has 23 heavy (non-hydrogen) atoms. The van der Waals surface area contributed by atoms with Crippen LogP contribution in [-0.4, -0.2) is 21.5 Å². The molecule has 0 aliphatic heterocycles. The SMILES string of the molecule is COC(=O)c1cccc(S(=O)(=O)Oc2ccc(F)cc2Cl)c1C. The second-order valence-corrected chi connectivity index (χ2v) is 6.45. The number of hydrogen-bond acceptors (Lipinski definition) is 5. The predicted octanol–water partition coefficient (Wildman–Crippen LogP) is 3.34. The molecule has 8 heteroatoms. The standard InChI is InChI=1S/C15H12ClFO5S/c1-9-11(15(18)21-2)4-3-5-14(9)23(19,20)22-13-7-6-10(17)8-12(13)16/h3-8H,1-2H3. The van der Waals surface area contributed by atoms with E-state index >= 15 is 0 Å². The highest BCUT2D eigenvalue weighted by Gasteiger charge is 2.24. The first-order valence-electron chi connectivity index (χ1n) is 6.33. The highest BCUT2D eigenvalue weighted by Crippen LogP contribution is 2.29. The minimum atomic E-state index is -4.26. The van der Waals surface area contributed by atoms with Gasteiger partial charge in [-0.15, -0.1) is 0 Å². The van der Waals surface area contributed by atoms with Crippen LogP contribution in [0.25, 0.3) is 0 Å². The zero-order valence-corrected chi connectivity index (χ0v) is 13.7. The van der Waals surface area contributed by atoms with Gasteiger partial charge in [0, 0.05) is 0 Å². The Morgan fingerprint density at radius 2 is 1.91 bits per heavy atom. The van der Waals surface area contributed by atoms with Crippen molar-refractivity contribution in [2.45, 2.75) is 11.8 Å². The van der Waals surface area contributed by atoms with E-state index in [1.165, 1.54) is 32.2 Å². The second-order valence-electron chi connectivity index (χ2n) is 4.53. The van der Waals surface area contributed by atoms with E-state index in [-0.39, 0.29) is 26.8 Å². The Morgan fingerprint density at radius 3 is 2.52 bits per heavy atom. The van der Waals surface area contributed by atoms with Gasteiger partial charge in [-0.1, -0.05) is 17.7 Å². The van der Waals surface area contributed by atoms with E-state index in [2.05, 4.69) is 4.74 Å². The van der Waals surface area contributed by atoms with E-state index < -0.39 is 21.9 Å². The van der Waals surface area contributed by atoms with Crippen LogP contribution in [0.5, 0.6) is 5.75 Å². The molecule has 0 aliphatic carbocycles. The van der Waals surface area contributed by atoms with Crippen LogP contribution in [0.15, 0.2) is 41.3 Å². The van der Waals surface area contributed by atoms with E-state index in [1.807, 2.05) is 0 Å². The van der Waals surface area contributed by atoms with Crippen molar-refractivity contribution in [1.29, 1.82) is 0 Å². The largest absolute Gasteiger partial charge is 0.465 e. The summed E-state index contributed by atoms with van der Waals surface area (Å²) >= 11 is 5.76. The van der Waals surface area contributed by atoms with Gasteiger partial charge in [0.2, 0.25) is 0 Å². The molecule has 0 spiro atoms. The molecule has 0 bridgehead atoms. The van der Waals surface area contributed by atoms with Gasteiger partial charge >= 0.3 is 16.1 Å². The second kappa shape index (κ2) is 6.55. The Bertz CT molecular complexity index is 864. The maximum atomic E-state index is 13.0. The zero-order valence-electron chi connectivity index (χ0n) is 12.2. The smallest absolute Gasteiger partial charge is 0.339 e. The summed E-state index contributed by atoms with van der Waals surface area (Å²) in [5.41, 5.74) is 0.278. The Balaban J connectivity index is 2.46. The van der Waals surface area contributed by atoms with Gasteiger partial charge in [-0.2, -0.15) is 8.42 Å². The monoisotopic (exact) mass is 358 g/mol. The number of hydrogen-bond donors (Lipinski definition) is 0. The Kier molecular flexibility index (Phi) is 4.91. The van der Waals surface area contributed by atoms with Gasteiger partial charge < -0.3 is 8.92 Å². The van der Waals surface area contributed by atoms with Crippen LogP contribution in [0.4, 0.5) is 4.39 Å². The fourth-order valence-corrected chi connectivity index (χ4v) is 3.38. The van der Waals surface area contributed by atoms with Gasteiger partial charge in [-0.3, -0.25) is 0 Å². The van der Waals surface area contributed by atoms with Gasteiger partial charge in [0.15, 0.2) is 5.75 Å². The first-order valence-corrected chi connectivity index (χ1v) is 8.12. The van der Waals surface area contributed by atoms with Gasteiger partial charge in [0.25, 0.3) is 0 Å².